The van der Waals surface area contributed by atoms with Crippen LogP contribution < -0.4 is 5.32 Å². The van der Waals surface area contributed by atoms with Crippen LogP contribution in [-0.4, -0.2) is 19.6 Å². The van der Waals surface area contributed by atoms with Crippen molar-refractivity contribution in [2.45, 2.75) is 13.8 Å². The lowest BCUT2D eigenvalue weighted by Crippen LogP contribution is -2.07. The zero-order valence-corrected chi connectivity index (χ0v) is 6.69. The Labute approximate surface area is 61.6 Å². The highest BCUT2D eigenvalue weighted by atomic mass is 16.5. The van der Waals surface area contributed by atoms with E-state index >= 15 is 0 Å². The van der Waals surface area contributed by atoms with Gasteiger partial charge in [-0.2, -0.15) is 0 Å². The summed E-state index contributed by atoms with van der Waals surface area (Å²) in [7, 11) is 1.79. The minimum atomic E-state index is 0.233. The van der Waals surface area contributed by atoms with E-state index in [0.29, 0.717) is 6.61 Å². The van der Waals surface area contributed by atoms with Gasteiger partial charge in [-0.05, 0) is 13.8 Å². The Balaban J connectivity index is 3.82. The Bertz CT molecular complexity index is 141. The third kappa shape index (κ3) is 3.12. The summed E-state index contributed by atoms with van der Waals surface area (Å²) >= 11 is 0. The number of ether oxygens (including phenoxy) is 1. The van der Waals surface area contributed by atoms with Crippen LogP contribution in [0.4, 0.5) is 0 Å². The molecule has 0 aliphatic rings. The van der Waals surface area contributed by atoms with Crippen LogP contribution in [0, 0.1) is 5.41 Å². The van der Waals surface area contributed by atoms with Gasteiger partial charge in [-0.15, -0.1) is 0 Å². The van der Waals surface area contributed by atoms with Crippen molar-refractivity contribution in [1.82, 2.24) is 5.32 Å². The second-order valence-corrected chi connectivity index (χ2v) is 1.88. The maximum absolute atomic E-state index is 7.27. The molecule has 10 heavy (non-hydrogen) atoms. The second-order valence-electron chi connectivity index (χ2n) is 1.88. The van der Waals surface area contributed by atoms with E-state index in [1.165, 1.54) is 0 Å². The molecule has 0 heterocycles. The van der Waals surface area contributed by atoms with Crippen LogP contribution in [-0.2, 0) is 4.74 Å². The molecule has 0 aliphatic carbocycles. The van der Waals surface area contributed by atoms with Crippen LogP contribution in [0.5, 0.6) is 0 Å². The molecule has 0 unspecified atom stereocenters. The number of rotatable bonds is 3. The maximum atomic E-state index is 7.27. The lowest BCUT2D eigenvalue weighted by Gasteiger charge is -2.03. The fourth-order valence-electron chi connectivity index (χ4n) is 0.540. The molecule has 0 aromatic heterocycles. The molecule has 0 radical (unpaired) electrons. The van der Waals surface area contributed by atoms with Crippen molar-refractivity contribution in [1.29, 1.82) is 5.41 Å². The Morgan fingerprint density at radius 1 is 1.70 bits per heavy atom. The zero-order chi connectivity index (χ0) is 7.98. The van der Waals surface area contributed by atoms with Crippen molar-refractivity contribution < 1.29 is 4.74 Å². The van der Waals surface area contributed by atoms with Crippen LogP contribution in [0.1, 0.15) is 13.8 Å². The number of hydrogen-bond donors (Lipinski definition) is 2. The van der Waals surface area contributed by atoms with Gasteiger partial charge in [0.2, 0.25) is 5.90 Å². The molecule has 0 bridgehead atoms. The second kappa shape index (κ2) is 4.85. The van der Waals surface area contributed by atoms with Gasteiger partial charge in [0.05, 0.1) is 6.61 Å². The van der Waals surface area contributed by atoms with Gasteiger partial charge in [-0.3, -0.25) is 5.41 Å². The molecule has 2 N–H and O–H groups in total. The molecule has 0 atom stereocenters. The average molecular weight is 142 g/mol. The SMILES string of the molecule is CCOC(=N)/C(C)=C/NC. The highest BCUT2D eigenvalue weighted by Crippen LogP contribution is 1.93. The highest BCUT2D eigenvalue weighted by molar-refractivity contribution is 5.90. The van der Waals surface area contributed by atoms with Crippen molar-refractivity contribution in [3.05, 3.63) is 11.8 Å². The quantitative estimate of drug-likeness (QED) is 0.458. The van der Waals surface area contributed by atoms with Crippen molar-refractivity contribution in [3.8, 4) is 0 Å². The van der Waals surface area contributed by atoms with E-state index in [4.69, 9.17) is 10.1 Å². The van der Waals surface area contributed by atoms with Crippen LogP contribution in [0.3, 0.4) is 0 Å². The first kappa shape index (κ1) is 9.01. The van der Waals surface area contributed by atoms with Crippen molar-refractivity contribution in [2.24, 2.45) is 0 Å². The first-order valence-electron chi connectivity index (χ1n) is 3.28. The Morgan fingerprint density at radius 2 is 2.30 bits per heavy atom. The summed E-state index contributed by atoms with van der Waals surface area (Å²) in [5.41, 5.74) is 0.810. The fourth-order valence-corrected chi connectivity index (χ4v) is 0.540. The van der Waals surface area contributed by atoms with E-state index in [9.17, 15) is 0 Å². The van der Waals surface area contributed by atoms with E-state index in [1.54, 1.807) is 13.2 Å². The Hall–Kier alpha value is -0.990. The third-order valence-corrected chi connectivity index (χ3v) is 1.01. The predicted molar refractivity (Wildman–Crippen MR) is 42.2 cm³/mol. The van der Waals surface area contributed by atoms with Gasteiger partial charge in [-0.1, -0.05) is 0 Å². The first-order valence-corrected chi connectivity index (χ1v) is 3.28. The fraction of sp³-hybridized carbons (Fsp3) is 0.571. The normalized spacial score (nSPS) is 10.9. The summed E-state index contributed by atoms with van der Waals surface area (Å²) < 4.78 is 4.93. The average Bonchev–Trinajstić information content (AvgIpc) is 1.89. The molecule has 0 spiro atoms. The Morgan fingerprint density at radius 3 is 2.70 bits per heavy atom. The topological polar surface area (TPSA) is 45.1 Å². The molecule has 0 fully saturated rings. The summed E-state index contributed by atoms with van der Waals surface area (Å²) in [6.45, 7) is 4.24. The largest absolute Gasteiger partial charge is 0.478 e. The molecule has 0 amide bonds. The summed E-state index contributed by atoms with van der Waals surface area (Å²) in [5, 5.41) is 10.1. The summed E-state index contributed by atoms with van der Waals surface area (Å²) in [4.78, 5) is 0. The lowest BCUT2D eigenvalue weighted by atomic mass is 10.3. The van der Waals surface area contributed by atoms with Gasteiger partial charge in [0, 0.05) is 18.8 Å². The van der Waals surface area contributed by atoms with E-state index < -0.39 is 0 Å². The van der Waals surface area contributed by atoms with E-state index in [1.807, 2.05) is 13.8 Å². The van der Waals surface area contributed by atoms with Crippen molar-refractivity contribution in [2.75, 3.05) is 13.7 Å². The highest BCUT2D eigenvalue weighted by Gasteiger charge is 1.96. The minimum absolute atomic E-state index is 0.233. The van der Waals surface area contributed by atoms with Crippen molar-refractivity contribution in [3.63, 3.8) is 0 Å². The molecule has 0 saturated heterocycles. The van der Waals surface area contributed by atoms with Gasteiger partial charge in [0.25, 0.3) is 0 Å². The zero-order valence-electron chi connectivity index (χ0n) is 6.69. The van der Waals surface area contributed by atoms with Gasteiger partial charge in [-0.25, -0.2) is 0 Å². The van der Waals surface area contributed by atoms with E-state index in [2.05, 4.69) is 5.32 Å². The lowest BCUT2D eigenvalue weighted by molar-refractivity contribution is 0.324. The van der Waals surface area contributed by atoms with Crippen molar-refractivity contribution >= 4 is 5.90 Å². The third-order valence-electron chi connectivity index (χ3n) is 1.01. The van der Waals surface area contributed by atoms with E-state index in [0.717, 1.165) is 5.57 Å². The first-order chi connectivity index (χ1) is 4.72. The molecule has 0 rings (SSSR count). The monoisotopic (exact) mass is 142 g/mol. The molecule has 0 saturated carbocycles. The predicted octanol–water partition coefficient (Wildman–Crippen LogP) is 1.12. The maximum Gasteiger partial charge on any atom is 0.210 e. The van der Waals surface area contributed by atoms with E-state index in [-0.39, 0.29) is 5.90 Å². The molecular weight excluding hydrogens is 128 g/mol. The number of hydrogen-bond acceptors (Lipinski definition) is 3. The minimum Gasteiger partial charge on any atom is -0.478 e. The molecule has 3 heteroatoms. The van der Waals surface area contributed by atoms with Crippen LogP contribution in [0.2, 0.25) is 0 Å². The van der Waals surface area contributed by atoms with Gasteiger partial charge in [0.15, 0.2) is 0 Å². The number of nitrogens with one attached hydrogen (secondary N) is 2. The van der Waals surface area contributed by atoms with Gasteiger partial charge >= 0.3 is 0 Å². The molecule has 0 aromatic rings. The van der Waals surface area contributed by atoms with Crippen LogP contribution in [0.15, 0.2) is 11.8 Å². The summed E-state index contributed by atoms with van der Waals surface area (Å²) in [6, 6.07) is 0. The van der Waals surface area contributed by atoms with Gasteiger partial charge in [0.1, 0.15) is 0 Å². The summed E-state index contributed by atoms with van der Waals surface area (Å²) in [6.07, 6.45) is 1.73. The molecular formula is C7H14N2O. The Kier molecular flexibility index (Phi) is 4.37. The standard InChI is InChI=1S/C7H14N2O/c1-4-10-7(8)6(2)5-9-3/h5,8-9H,4H2,1-3H3/b6-5+,8-7?. The molecule has 0 aliphatic heterocycles. The smallest absolute Gasteiger partial charge is 0.210 e. The summed E-state index contributed by atoms with van der Waals surface area (Å²) in [5.74, 6) is 0.233. The van der Waals surface area contributed by atoms with Gasteiger partial charge < -0.3 is 10.1 Å². The molecule has 0 aromatic carbocycles. The molecule has 58 valence electrons. The molecule has 3 nitrogen and oxygen atoms in total. The van der Waals surface area contributed by atoms with Crippen LogP contribution >= 0.6 is 0 Å². The van der Waals surface area contributed by atoms with Crippen LogP contribution in [0.25, 0.3) is 0 Å².